The molecular weight excluding hydrogens is 378 g/mol. The Bertz CT molecular complexity index is 853. The number of phenols is 1. The standard InChI is InChI=1S/C13H7BrClN3O2S/c14-6-1-2-7(10(19)5-6)13(20)16-11-8(15)3-4-9-12(11)18-21-17-9/h1-5,19H,(H,16,20). The molecule has 0 unspecified atom stereocenters. The smallest absolute Gasteiger partial charge is 0.259 e. The molecule has 2 aromatic carbocycles. The molecule has 0 saturated heterocycles. The molecule has 0 radical (unpaired) electrons. The van der Waals surface area contributed by atoms with Crippen molar-refractivity contribution >= 4 is 61.9 Å². The van der Waals surface area contributed by atoms with Crippen LogP contribution in [0.3, 0.4) is 0 Å². The van der Waals surface area contributed by atoms with Crippen LogP contribution in [0.4, 0.5) is 5.69 Å². The number of nitrogens with one attached hydrogen (secondary N) is 1. The Morgan fingerprint density at radius 1 is 1.29 bits per heavy atom. The average molecular weight is 385 g/mol. The minimum absolute atomic E-state index is 0.124. The highest BCUT2D eigenvalue weighted by molar-refractivity contribution is 9.10. The number of fused-ring (bicyclic) bond motifs is 1. The van der Waals surface area contributed by atoms with Crippen LogP contribution in [-0.2, 0) is 0 Å². The van der Waals surface area contributed by atoms with Crippen molar-refractivity contribution in [3.05, 3.63) is 45.4 Å². The van der Waals surface area contributed by atoms with Crippen molar-refractivity contribution in [1.82, 2.24) is 8.75 Å². The number of hydrogen-bond donors (Lipinski definition) is 2. The van der Waals surface area contributed by atoms with Gasteiger partial charge >= 0.3 is 0 Å². The van der Waals surface area contributed by atoms with E-state index < -0.39 is 5.91 Å². The predicted octanol–water partition coefficient (Wildman–Crippen LogP) is 4.07. The minimum Gasteiger partial charge on any atom is -0.507 e. The SMILES string of the molecule is O=C(Nc1c(Cl)ccc2nsnc12)c1ccc(Br)cc1O. The molecule has 0 aliphatic carbocycles. The van der Waals surface area contributed by atoms with Crippen molar-refractivity contribution in [2.45, 2.75) is 0 Å². The molecule has 0 saturated carbocycles. The van der Waals surface area contributed by atoms with Gasteiger partial charge in [-0.1, -0.05) is 27.5 Å². The first-order valence-corrected chi connectivity index (χ1v) is 7.67. The number of phenolic OH excluding ortho intramolecular Hbond substituents is 1. The van der Waals surface area contributed by atoms with Crippen molar-refractivity contribution in [3.63, 3.8) is 0 Å². The second-order valence-corrected chi connectivity index (χ2v) is 6.02. The Balaban J connectivity index is 2.00. The molecule has 0 aliphatic rings. The van der Waals surface area contributed by atoms with Gasteiger partial charge in [-0.2, -0.15) is 8.75 Å². The van der Waals surface area contributed by atoms with E-state index in [1.165, 1.54) is 12.1 Å². The minimum atomic E-state index is -0.470. The van der Waals surface area contributed by atoms with Crippen LogP contribution >= 0.6 is 39.3 Å². The van der Waals surface area contributed by atoms with Gasteiger partial charge in [0.2, 0.25) is 0 Å². The van der Waals surface area contributed by atoms with Crippen LogP contribution in [-0.4, -0.2) is 19.8 Å². The van der Waals surface area contributed by atoms with Crippen molar-refractivity contribution in [1.29, 1.82) is 0 Å². The summed E-state index contributed by atoms with van der Waals surface area (Å²) in [6.07, 6.45) is 0. The van der Waals surface area contributed by atoms with Gasteiger partial charge in [0.25, 0.3) is 5.91 Å². The van der Waals surface area contributed by atoms with E-state index in [2.05, 4.69) is 30.0 Å². The predicted molar refractivity (Wildman–Crippen MR) is 86.2 cm³/mol. The number of hydrogen-bond acceptors (Lipinski definition) is 5. The zero-order valence-corrected chi connectivity index (χ0v) is 13.5. The summed E-state index contributed by atoms with van der Waals surface area (Å²) in [5.41, 5.74) is 1.71. The number of anilines is 1. The van der Waals surface area contributed by atoms with Gasteiger partial charge in [0, 0.05) is 4.47 Å². The summed E-state index contributed by atoms with van der Waals surface area (Å²) >= 11 is 10.4. The maximum Gasteiger partial charge on any atom is 0.259 e. The molecule has 106 valence electrons. The van der Waals surface area contributed by atoms with Gasteiger partial charge in [-0.25, -0.2) is 0 Å². The van der Waals surface area contributed by atoms with E-state index in [-0.39, 0.29) is 11.3 Å². The topological polar surface area (TPSA) is 75.1 Å². The molecule has 1 amide bonds. The lowest BCUT2D eigenvalue weighted by Gasteiger charge is -2.09. The van der Waals surface area contributed by atoms with Crippen LogP contribution in [0.25, 0.3) is 11.0 Å². The number of aromatic nitrogens is 2. The number of amides is 1. The summed E-state index contributed by atoms with van der Waals surface area (Å²) in [6.45, 7) is 0. The van der Waals surface area contributed by atoms with E-state index in [4.69, 9.17) is 11.6 Å². The van der Waals surface area contributed by atoms with Crippen molar-refractivity contribution < 1.29 is 9.90 Å². The summed E-state index contributed by atoms with van der Waals surface area (Å²) in [7, 11) is 0. The first-order valence-electron chi connectivity index (χ1n) is 5.77. The van der Waals surface area contributed by atoms with Gasteiger partial charge < -0.3 is 10.4 Å². The van der Waals surface area contributed by atoms with Gasteiger partial charge in [0.1, 0.15) is 16.8 Å². The largest absolute Gasteiger partial charge is 0.507 e. The van der Waals surface area contributed by atoms with Crippen LogP contribution in [0.5, 0.6) is 5.75 Å². The molecule has 21 heavy (non-hydrogen) atoms. The molecular formula is C13H7BrClN3O2S. The number of benzene rings is 2. The molecule has 3 rings (SSSR count). The summed E-state index contributed by atoms with van der Waals surface area (Å²) in [4.78, 5) is 12.3. The number of rotatable bonds is 2. The molecule has 0 spiro atoms. The zero-order chi connectivity index (χ0) is 15.0. The first kappa shape index (κ1) is 14.2. The van der Waals surface area contributed by atoms with Gasteiger partial charge in [-0.05, 0) is 30.3 Å². The molecule has 0 aliphatic heterocycles. The van der Waals surface area contributed by atoms with Crippen LogP contribution in [0.15, 0.2) is 34.8 Å². The third-order valence-corrected chi connectivity index (χ3v) is 4.17. The van der Waals surface area contributed by atoms with E-state index in [1.807, 2.05) is 0 Å². The molecule has 8 heteroatoms. The average Bonchev–Trinajstić information content (AvgIpc) is 2.90. The lowest BCUT2D eigenvalue weighted by atomic mass is 10.2. The Hall–Kier alpha value is -1.70. The second kappa shape index (κ2) is 5.59. The Kier molecular flexibility index (Phi) is 3.79. The normalized spacial score (nSPS) is 10.8. The first-order chi connectivity index (χ1) is 10.1. The third kappa shape index (κ3) is 2.72. The molecule has 2 N–H and O–H groups in total. The fraction of sp³-hybridized carbons (Fsp3) is 0. The van der Waals surface area contributed by atoms with E-state index in [0.29, 0.717) is 26.2 Å². The van der Waals surface area contributed by atoms with E-state index in [9.17, 15) is 9.90 Å². The second-order valence-electron chi connectivity index (χ2n) is 4.17. The third-order valence-electron chi connectivity index (χ3n) is 2.82. The lowest BCUT2D eigenvalue weighted by Crippen LogP contribution is -2.12. The Morgan fingerprint density at radius 2 is 2.10 bits per heavy atom. The van der Waals surface area contributed by atoms with Gasteiger partial charge in [-0.3, -0.25) is 4.79 Å². The number of nitrogens with zero attached hydrogens (tertiary/aromatic N) is 2. The van der Waals surface area contributed by atoms with Crippen LogP contribution in [0, 0.1) is 0 Å². The molecule has 0 bridgehead atoms. The number of carbonyl (C=O) groups excluding carboxylic acids is 1. The maximum absolute atomic E-state index is 12.3. The highest BCUT2D eigenvalue weighted by atomic mass is 79.9. The summed E-state index contributed by atoms with van der Waals surface area (Å²) < 4.78 is 8.90. The van der Waals surface area contributed by atoms with Crippen molar-refractivity contribution in [3.8, 4) is 5.75 Å². The zero-order valence-electron chi connectivity index (χ0n) is 10.3. The number of carbonyl (C=O) groups is 1. The van der Waals surface area contributed by atoms with Crippen molar-refractivity contribution in [2.75, 3.05) is 5.32 Å². The van der Waals surface area contributed by atoms with E-state index in [0.717, 1.165) is 11.7 Å². The van der Waals surface area contributed by atoms with E-state index >= 15 is 0 Å². The lowest BCUT2D eigenvalue weighted by molar-refractivity contribution is 0.102. The van der Waals surface area contributed by atoms with Gasteiger partial charge in [-0.15, -0.1) is 0 Å². The van der Waals surface area contributed by atoms with E-state index in [1.54, 1.807) is 18.2 Å². The molecule has 1 aromatic heterocycles. The summed E-state index contributed by atoms with van der Waals surface area (Å²) in [5, 5.41) is 12.9. The molecule has 3 aromatic rings. The summed E-state index contributed by atoms with van der Waals surface area (Å²) in [6, 6.07) is 8.00. The quantitative estimate of drug-likeness (QED) is 0.698. The molecule has 5 nitrogen and oxygen atoms in total. The summed E-state index contributed by atoms with van der Waals surface area (Å²) in [5.74, 6) is -0.594. The van der Waals surface area contributed by atoms with Gasteiger partial charge in [0.15, 0.2) is 0 Å². The molecule has 1 heterocycles. The fourth-order valence-electron chi connectivity index (χ4n) is 1.82. The Labute approximate surface area is 137 Å². The highest BCUT2D eigenvalue weighted by Gasteiger charge is 2.16. The molecule has 0 fully saturated rings. The maximum atomic E-state index is 12.3. The number of halogens is 2. The Morgan fingerprint density at radius 3 is 2.86 bits per heavy atom. The monoisotopic (exact) mass is 383 g/mol. The van der Waals surface area contributed by atoms with Crippen LogP contribution < -0.4 is 5.32 Å². The van der Waals surface area contributed by atoms with Gasteiger partial charge in [0.05, 0.1) is 28.0 Å². The number of aromatic hydroxyl groups is 1. The molecule has 0 atom stereocenters. The van der Waals surface area contributed by atoms with Crippen LogP contribution in [0.1, 0.15) is 10.4 Å². The van der Waals surface area contributed by atoms with Crippen molar-refractivity contribution in [2.24, 2.45) is 0 Å². The fourth-order valence-corrected chi connectivity index (χ4v) is 2.91. The highest BCUT2D eigenvalue weighted by Crippen LogP contribution is 2.31. The van der Waals surface area contributed by atoms with Crippen LogP contribution in [0.2, 0.25) is 5.02 Å².